The lowest BCUT2D eigenvalue weighted by molar-refractivity contribution is -0.0631. The standard InChI is InChI=1S/C6H13NO/c1-3-7-6(2)4-8-5-6/h7H,3-5H2,1-2H3. The molecule has 0 spiro atoms. The van der Waals surface area contributed by atoms with Gasteiger partial charge in [0.2, 0.25) is 0 Å². The fourth-order valence-electron chi connectivity index (χ4n) is 0.937. The van der Waals surface area contributed by atoms with Crippen molar-refractivity contribution in [3.63, 3.8) is 0 Å². The van der Waals surface area contributed by atoms with Crippen LogP contribution in [0.5, 0.6) is 0 Å². The van der Waals surface area contributed by atoms with E-state index in [1.165, 1.54) is 0 Å². The van der Waals surface area contributed by atoms with Crippen LogP contribution in [-0.4, -0.2) is 25.3 Å². The minimum Gasteiger partial charge on any atom is -0.377 e. The molecule has 1 fully saturated rings. The molecule has 0 aliphatic carbocycles. The average Bonchev–Trinajstić information content (AvgIpc) is 1.64. The Morgan fingerprint density at radius 1 is 1.62 bits per heavy atom. The van der Waals surface area contributed by atoms with Crippen LogP contribution in [0.4, 0.5) is 0 Å². The van der Waals surface area contributed by atoms with E-state index in [4.69, 9.17) is 4.74 Å². The predicted molar refractivity (Wildman–Crippen MR) is 32.9 cm³/mol. The average molecular weight is 115 g/mol. The third-order valence-electron chi connectivity index (χ3n) is 1.44. The molecule has 8 heavy (non-hydrogen) atoms. The van der Waals surface area contributed by atoms with Crippen molar-refractivity contribution >= 4 is 0 Å². The molecule has 0 radical (unpaired) electrons. The van der Waals surface area contributed by atoms with Crippen molar-refractivity contribution in [2.24, 2.45) is 0 Å². The van der Waals surface area contributed by atoms with Crippen LogP contribution in [-0.2, 0) is 4.74 Å². The van der Waals surface area contributed by atoms with Crippen molar-refractivity contribution in [1.82, 2.24) is 5.32 Å². The lowest BCUT2D eigenvalue weighted by atomic mass is 10.0. The van der Waals surface area contributed by atoms with Gasteiger partial charge in [0, 0.05) is 0 Å². The highest BCUT2D eigenvalue weighted by Gasteiger charge is 2.31. The van der Waals surface area contributed by atoms with Crippen LogP contribution >= 0.6 is 0 Å². The van der Waals surface area contributed by atoms with Crippen molar-refractivity contribution in [3.8, 4) is 0 Å². The highest BCUT2D eigenvalue weighted by Crippen LogP contribution is 2.14. The Kier molecular flexibility index (Phi) is 1.54. The molecule has 0 aromatic rings. The summed E-state index contributed by atoms with van der Waals surface area (Å²) < 4.78 is 5.03. The van der Waals surface area contributed by atoms with Crippen molar-refractivity contribution < 1.29 is 4.74 Å². The molecular formula is C6H13NO. The summed E-state index contributed by atoms with van der Waals surface area (Å²) in [6.07, 6.45) is 0. The molecule has 0 saturated carbocycles. The third-order valence-corrected chi connectivity index (χ3v) is 1.44. The minimum atomic E-state index is 0.300. The summed E-state index contributed by atoms with van der Waals surface area (Å²) >= 11 is 0. The van der Waals surface area contributed by atoms with Gasteiger partial charge < -0.3 is 10.1 Å². The fraction of sp³-hybridized carbons (Fsp3) is 1.00. The summed E-state index contributed by atoms with van der Waals surface area (Å²) in [5, 5.41) is 3.33. The molecule has 0 amide bonds. The van der Waals surface area contributed by atoms with E-state index in [2.05, 4.69) is 19.2 Å². The maximum Gasteiger partial charge on any atom is 0.0669 e. The van der Waals surface area contributed by atoms with E-state index < -0.39 is 0 Å². The third kappa shape index (κ3) is 1.01. The van der Waals surface area contributed by atoms with E-state index in [0.717, 1.165) is 19.8 Å². The Balaban J connectivity index is 2.20. The zero-order chi connectivity index (χ0) is 6.04. The molecule has 0 aromatic heterocycles. The van der Waals surface area contributed by atoms with E-state index in [1.54, 1.807) is 0 Å². The quantitative estimate of drug-likeness (QED) is 0.562. The normalized spacial score (nSPS) is 24.8. The summed E-state index contributed by atoms with van der Waals surface area (Å²) in [5.41, 5.74) is 0.300. The molecule has 2 nitrogen and oxygen atoms in total. The largest absolute Gasteiger partial charge is 0.377 e. The minimum absolute atomic E-state index is 0.300. The van der Waals surface area contributed by atoms with E-state index in [1.807, 2.05) is 0 Å². The number of ether oxygens (including phenoxy) is 1. The van der Waals surface area contributed by atoms with Crippen molar-refractivity contribution in [3.05, 3.63) is 0 Å². The fourth-order valence-corrected chi connectivity index (χ4v) is 0.937. The van der Waals surface area contributed by atoms with Crippen LogP contribution < -0.4 is 5.32 Å². The highest BCUT2D eigenvalue weighted by atomic mass is 16.5. The first-order chi connectivity index (χ1) is 3.77. The van der Waals surface area contributed by atoms with E-state index in [9.17, 15) is 0 Å². The topological polar surface area (TPSA) is 21.3 Å². The summed E-state index contributed by atoms with van der Waals surface area (Å²) in [4.78, 5) is 0. The molecule has 2 heteroatoms. The van der Waals surface area contributed by atoms with E-state index in [-0.39, 0.29) is 0 Å². The zero-order valence-electron chi connectivity index (χ0n) is 5.53. The van der Waals surface area contributed by atoms with Gasteiger partial charge in [0.25, 0.3) is 0 Å². The Bertz CT molecular complexity index is 78.6. The van der Waals surface area contributed by atoms with Gasteiger partial charge in [-0.15, -0.1) is 0 Å². The zero-order valence-corrected chi connectivity index (χ0v) is 5.53. The summed E-state index contributed by atoms with van der Waals surface area (Å²) in [7, 11) is 0. The first-order valence-electron chi connectivity index (χ1n) is 3.10. The molecule has 1 heterocycles. The SMILES string of the molecule is CCNC1(C)COC1. The Labute approximate surface area is 50.2 Å². The summed E-state index contributed by atoms with van der Waals surface area (Å²) in [5.74, 6) is 0. The smallest absolute Gasteiger partial charge is 0.0669 e. The maximum absolute atomic E-state index is 5.03. The molecule has 0 atom stereocenters. The molecule has 48 valence electrons. The van der Waals surface area contributed by atoms with Crippen molar-refractivity contribution in [2.45, 2.75) is 19.4 Å². The molecule has 1 aliphatic rings. The van der Waals surface area contributed by atoms with Gasteiger partial charge in [-0.05, 0) is 13.5 Å². The van der Waals surface area contributed by atoms with Crippen LogP contribution in [0.15, 0.2) is 0 Å². The second kappa shape index (κ2) is 2.03. The van der Waals surface area contributed by atoms with E-state index >= 15 is 0 Å². The Morgan fingerprint density at radius 2 is 2.25 bits per heavy atom. The number of nitrogens with one attached hydrogen (secondary N) is 1. The molecule has 1 N–H and O–H groups in total. The molecule has 1 saturated heterocycles. The highest BCUT2D eigenvalue weighted by molar-refractivity contribution is 4.88. The lowest BCUT2D eigenvalue weighted by Gasteiger charge is -2.38. The first-order valence-corrected chi connectivity index (χ1v) is 3.10. The van der Waals surface area contributed by atoms with Crippen LogP contribution in [0.25, 0.3) is 0 Å². The molecule has 0 bridgehead atoms. The van der Waals surface area contributed by atoms with Crippen LogP contribution in [0.3, 0.4) is 0 Å². The van der Waals surface area contributed by atoms with Crippen molar-refractivity contribution in [2.75, 3.05) is 19.8 Å². The first kappa shape index (κ1) is 6.05. The summed E-state index contributed by atoms with van der Waals surface area (Å²) in [6.45, 7) is 7.09. The second-order valence-electron chi connectivity index (χ2n) is 2.58. The lowest BCUT2D eigenvalue weighted by Crippen LogP contribution is -2.57. The van der Waals surface area contributed by atoms with Crippen LogP contribution in [0, 0.1) is 0 Å². The van der Waals surface area contributed by atoms with Gasteiger partial charge in [-0.1, -0.05) is 6.92 Å². The maximum atomic E-state index is 5.03. The van der Waals surface area contributed by atoms with Crippen LogP contribution in [0.1, 0.15) is 13.8 Å². The van der Waals surface area contributed by atoms with Crippen molar-refractivity contribution in [1.29, 1.82) is 0 Å². The number of rotatable bonds is 2. The number of likely N-dealkylation sites (N-methyl/N-ethyl adjacent to an activating group) is 1. The van der Waals surface area contributed by atoms with Gasteiger partial charge in [0.05, 0.1) is 18.8 Å². The van der Waals surface area contributed by atoms with Gasteiger partial charge in [0.1, 0.15) is 0 Å². The molecule has 0 aromatic carbocycles. The predicted octanol–water partition coefficient (Wildman–Crippen LogP) is 0.385. The van der Waals surface area contributed by atoms with Gasteiger partial charge in [0.15, 0.2) is 0 Å². The van der Waals surface area contributed by atoms with Gasteiger partial charge in [-0.2, -0.15) is 0 Å². The molecular weight excluding hydrogens is 102 g/mol. The molecule has 1 rings (SSSR count). The van der Waals surface area contributed by atoms with Gasteiger partial charge >= 0.3 is 0 Å². The van der Waals surface area contributed by atoms with Crippen LogP contribution in [0.2, 0.25) is 0 Å². The number of hydrogen-bond acceptors (Lipinski definition) is 2. The molecule has 1 aliphatic heterocycles. The monoisotopic (exact) mass is 115 g/mol. The van der Waals surface area contributed by atoms with Gasteiger partial charge in [-0.25, -0.2) is 0 Å². The summed E-state index contributed by atoms with van der Waals surface area (Å²) in [6, 6.07) is 0. The van der Waals surface area contributed by atoms with Gasteiger partial charge in [-0.3, -0.25) is 0 Å². The number of hydrogen-bond donors (Lipinski definition) is 1. The Morgan fingerprint density at radius 3 is 2.38 bits per heavy atom. The molecule has 0 unspecified atom stereocenters. The van der Waals surface area contributed by atoms with E-state index in [0.29, 0.717) is 5.54 Å². The Hall–Kier alpha value is -0.0800. The second-order valence-corrected chi connectivity index (χ2v) is 2.58.